The van der Waals surface area contributed by atoms with Gasteiger partial charge >= 0.3 is 0 Å². The monoisotopic (exact) mass is 277 g/mol. The fourth-order valence-electron chi connectivity index (χ4n) is 1.57. The van der Waals surface area contributed by atoms with Crippen molar-refractivity contribution < 1.29 is 9.13 Å². The Bertz CT molecular complexity index is 482. The minimum atomic E-state index is -0.309. The van der Waals surface area contributed by atoms with Crippen LogP contribution in [0.15, 0.2) is 29.3 Å². The van der Waals surface area contributed by atoms with Crippen LogP contribution in [0.5, 0.6) is 5.75 Å². The molecule has 0 aromatic heterocycles. The molecule has 108 valence electrons. The van der Waals surface area contributed by atoms with Crippen LogP contribution in [-0.2, 0) is 0 Å². The molecule has 0 radical (unpaired) electrons. The molecule has 0 aliphatic heterocycles. The van der Waals surface area contributed by atoms with Crippen molar-refractivity contribution >= 4 is 5.96 Å². The van der Waals surface area contributed by atoms with Crippen LogP contribution in [-0.4, -0.2) is 32.2 Å². The van der Waals surface area contributed by atoms with Gasteiger partial charge in [-0.1, -0.05) is 18.9 Å². The lowest BCUT2D eigenvalue weighted by Gasteiger charge is -2.19. The molecule has 0 amide bonds. The molecule has 5 heteroatoms. The van der Waals surface area contributed by atoms with E-state index >= 15 is 0 Å². The number of halogens is 1. The van der Waals surface area contributed by atoms with Crippen molar-refractivity contribution in [2.24, 2.45) is 4.99 Å². The van der Waals surface area contributed by atoms with Crippen molar-refractivity contribution in [2.45, 2.75) is 19.4 Å². The molecule has 2 N–H and O–H groups in total. The number of hydrogen-bond acceptors (Lipinski definition) is 2. The number of aliphatic imine (C=N–C) groups is 1. The molecule has 4 nitrogen and oxygen atoms in total. The van der Waals surface area contributed by atoms with E-state index in [0.717, 1.165) is 6.42 Å². The molecular weight excluding hydrogens is 257 g/mol. The van der Waals surface area contributed by atoms with Gasteiger partial charge in [0.1, 0.15) is 17.7 Å². The summed E-state index contributed by atoms with van der Waals surface area (Å²) >= 11 is 0. The molecule has 0 aliphatic rings. The van der Waals surface area contributed by atoms with Gasteiger partial charge in [0, 0.05) is 13.1 Å². The van der Waals surface area contributed by atoms with E-state index in [-0.39, 0.29) is 11.9 Å². The molecule has 1 atom stereocenters. The van der Waals surface area contributed by atoms with Gasteiger partial charge in [0.05, 0.1) is 13.1 Å². The van der Waals surface area contributed by atoms with Crippen LogP contribution in [0.4, 0.5) is 4.39 Å². The summed E-state index contributed by atoms with van der Waals surface area (Å²) in [6.07, 6.45) is 5.88. The number of nitrogens with zero attached hydrogens (tertiary/aromatic N) is 1. The van der Waals surface area contributed by atoms with Crippen LogP contribution in [0, 0.1) is 18.2 Å². The van der Waals surface area contributed by atoms with Crippen LogP contribution >= 0.6 is 0 Å². The first-order chi connectivity index (χ1) is 9.69. The van der Waals surface area contributed by atoms with Crippen molar-refractivity contribution in [3.05, 3.63) is 30.1 Å². The second-order valence-electron chi connectivity index (χ2n) is 4.12. The summed E-state index contributed by atoms with van der Waals surface area (Å²) in [6.45, 7) is 2.96. The predicted molar refractivity (Wildman–Crippen MR) is 79.3 cm³/mol. The van der Waals surface area contributed by atoms with Crippen LogP contribution < -0.4 is 15.4 Å². The Morgan fingerprint density at radius 2 is 2.30 bits per heavy atom. The second kappa shape index (κ2) is 8.81. The third-order valence-electron chi connectivity index (χ3n) is 2.63. The number of benzene rings is 1. The number of terminal acetylenes is 1. The summed E-state index contributed by atoms with van der Waals surface area (Å²) < 4.78 is 18.8. The summed E-state index contributed by atoms with van der Waals surface area (Å²) in [5.74, 6) is 3.30. The maximum Gasteiger partial charge on any atom is 0.191 e. The predicted octanol–water partition coefficient (Wildman–Crippen LogP) is 1.78. The SMILES string of the molecule is C#CCNC(=NC)NCC(CC)Oc1cccc(F)c1. The van der Waals surface area contributed by atoms with Crippen LogP contribution in [0.1, 0.15) is 13.3 Å². The molecular formula is C15H20FN3O. The fraction of sp³-hybridized carbons (Fsp3) is 0.400. The highest BCUT2D eigenvalue weighted by atomic mass is 19.1. The summed E-state index contributed by atoms with van der Waals surface area (Å²) in [4.78, 5) is 4.04. The van der Waals surface area contributed by atoms with Gasteiger partial charge < -0.3 is 15.4 Å². The Balaban J connectivity index is 2.49. The van der Waals surface area contributed by atoms with Crippen LogP contribution in [0.25, 0.3) is 0 Å². The number of hydrogen-bond donors (Lipinski definition) is 2. The van der Waals surface area contributed by atoms with E-state index in [4.69, 9.17) is 11.2 Å². The minimum absolute atomic E-state index is 0.0822. The topological polar surface area (TPSA) is 45.7 Å². The lowest BCUT2D eigenvalue weighted by atomic mass is 10.2. The van der Waals surface area contributed by atoms with Crippen molar-refractivity contribution in [1.29, 1.82) is 0 Å². The highest BCUT2D eigenvalue weighted by Crippen LogP contribution is 2.14. The van der Waals surface area contributed by atoms with Crippen LogP contribution in [0.2, 0.25) is 0 Å². The molecule has 0 fully saturated rings. The highest BCUT2D eigenvalue weighted by Gasteiger charge is 2.09. The van der Waals surface area contributed by atoms with Gasteiger partial charge in [-0.25, -0.2) is 4.39 Å². The molecule has 1 aromatic carbocycles. The smallest absolute Gasteiger partial charge is 0.191 e. The van der Waals surface area contributed by atoms with E-state index in [9.17, 15) is 4.39 Å². The van der Waals surface area contributed by atoms with E-state index in [1.807, 2.05) is 6.92 Å². The summed E-state index contributed by atoms with van der Waals surface area (Å²) in [5, 5.41) is 6.07. The van der Waals surface area contributed by atoms with Crippen LogP contribution in [0.3, 0.4) is 0 Å². The van der Waals surface area contributed by atoms with Gasteiger partial charge in [-0.05, 0) is 18.6 Å². The molecule has 0 saturated heterocycles. The van der Waals surface area contributed by atoms with Gasteiger partial charge in [0.2, 0.25) is 0 Å². The quantitative estimate of drug-likeness (QED) is 0.473. The first-order valence-corrected chi connectivity index (χ1v) is 6.49. The van der Waals surface area contributed by atoms with E-state index in [1.165, 1.54) is 12.1 Å². The first-order valence-electron chi connectivity index (χ1n) is 6.49. The molecule has 1 rings (SSSR count). The third kappa shape index (κ3) is 5.61. The zero-order valence-corrected chi connectivity index (χ0v) is 11.8. The molecule has 0 spiro atoms. The van der Waals surface area contributed by atoms with Gasteiger partial charge in [-0.3, -0.25) is 4.99 Å². The number of nitrogens with one attached hydrogen (secondary N) is 2. The average Bonchev–Trinajstić information content (AvgIpc) is 2.46. The zero-order valence-electron chi connectivity index (χ0n) is 11.8. The summed E-state index contributed by atoms with van der Waals surface area (Å²) in [6, 6.07) is 6.11. The Labute approximate surface area is 119 Å². The Morgan fingerprint density at radius 1 is 1.50 bits per heavy atom. The van der Waals surface area contributed by atoms with E-state index < -0.39 is 0 Å². The number of ether oxygens (including phenoxy) is 1. The van der Waals surface area contributed by atoms with Crippen molar-refractivity contribution in [2.75, 3.05) is 20.1 Å². The maximum absolute atomic E-state index is 13.1. The normalized spacial score (nSPS) is 12.4. The number of rotatable bonds is 6. The number of guanidine groups is 1. The Morgan fingerprint density at radius 3 is 2.90 bits per heavy atom. The van der Waals surface area contributed by atoms with Crippen molar-refractivity contribution in [3.63, 3.8) is 0 Å². The third-order valence-corrected chi connectivity index (χ3v) is 2.63. The summed E-state index contributed by atoms with van der Waals surface area (Å²) in [7, 11) is 1.67. The highest BCUT2D eigenvalue weighted by molar-refractivity contribution is 5.79. The lowest BCUT2D eigenvalue weighted by molar-refractivity contribution is 0.199. The van der Waals surface area contributed by atoms with E-state index in [1.54, 1.807) is 19.2 Å². The molecule has 0 bridgehead atoms. The molecule has 0 heterocycles. The van der Waals surface area contributed by atoms with Gasteiger partial charge in [0.15, 0.2) is 5.96 Å². The second-order valence-corrected chi connectivity index (χ2v) is 4.12. The van der Waals surface area contributed by atoms with Gasteiger partial charge in [-0.15, -0.1) is 6.42 Å². The fourth-order valence-corrected chi connectivity index (χ4v) is 1.57. The van der Waals surface area contributed by atoms with Gasteiger partial charge in [0.25, 0.3) is 0 Å². The van der Waals surface area contributed by atoms with Crippen molar-refractivity contribution in [1.82, 2.24) is 10.6 Å². The Kier molecular flexibility index (Phi) is 6.97. The molecule has 20 heavy (non-hydrogen) atoms. The minimum Gasteiger partial charge on any atom is -0.489 e. The summed E-state index contributed by atoms with van der Waals surface area (Å²) in [5.41, 5.74) is 0. The average molecular weight is 277 g/mol. The molecule has 1 aromatic rings. The largest absolute Gasteiger partial charge is 0.489 e. The lowest BCUT2D eigenvalue weighted by Crippen LogP contribution is -2.42. The zero-order chi connectivity index (χ0) is 14.8. The Hall–Kier alpha value is -2.22. The first kappa shape index (κ1) is 15.8. The molecule has 1 unspecified atom stereocenters. The molecule has 0 saturated carbocycles. The van der Waals surface area contributed by atoms with Crippen molar-refractivity contribution in [3.8, 4) is 18.1 Å². The van der Waals surface area contributed by atoms with E-state index in [0.29, 0.717) is 24.8 Å². The molecule has 0 aliphatic carbocycles. The van der Waals surface area contributed by atoms with E-state index in [2.05, 4.69) is 21.5 Å². The van der Waals surface area contributed by atoms with Gasteiger partial charge in [-0.2, -0.15) is 0 Å². The standard InChI is InChI=1S/C15H20FN3O/c1-4-9-18-15(17-3)19-11-13(5-2)20-14-8-6-7-12(16)10-14/h1,6-8,10,13H,5,9,11H2,2-3H3,(H2,17,18,19). The maximum atomic E-state index is 13.1.